The molecule has 0 N–H and O–H groups in total. The van der Waals surface area contributed by atoms with E-state index in [1.165, 1.54) is 5.56 Å². The zero-order valence-electron chi connectivity index (χ0n) is 18.2. The van der Waals surface area contributed by atoms with Crippen LogP contribution >= 0.6 is 0 Å². The number of aryl methyl sites for hydroxylation is 2. The number of aromatic nitrogens is 4. The van der Waals surface area contributed by atoms with E-state index in [0.29, 0.717) is 25.6 Å². The Morgan fingerprint density at radius 2 is 2.13 bits per heavy atom. The maximum Gasteiger partial charge on any atom is 0.254 e. The SMILES string of the molecule is COCCCN(Cc1ccccn1)C(=O)c1cccc([C@H]2CCc3nnc(C)n3C2)c1. The Bertz CT molecular complexity index is 1020. The summed E-state index contributed by atoms with van der Waals surface area (Å²) < 4.78 is 7.39. The van der Waals surface area contributed by atoms with Gasteiger partial charge < -0.3 is 14.2 Å². The molecular weight excluding hydrogens is 390 g/mol. The van der Waals surface area contributed by atoms with Crippen LogP contribution in [0.1, 0.15) is 52.0 Å². The quantitative estimate of drug-likeness (QED) is 0.523. The van der Waals surface area contributed by atoms with E-state index in [1.807, 2.05) is 42.2 Å². The molecule has 0 unspecified atom stereocenters. The number of carbonyl (C=O) groups excluding carboxylic acids is 1. The predicted molar refractivity (Wildman–Crippen MR) is 118 cm³/mol. The molecule has 1 aromatic carbocycles. The molecule has 0 aliphatic carbocycles. The number of methoxy groups -OCH3 is 1. The van der Waals surface area contributed by atoms with Crippen LogP contribution in [-0.4, -0.2) is 50.8 Å². The lowest BCUT2D eigenvalue weighted by Gasteiger charge is -2.26. The minimum atomic E-state index is 0.0283. The lowest BCUT2D eigenvalue weighted by molar-refractivity contribution is 0.0721. The molecule has 0 radical (unpaired) electrons. The first-order valence-corrected chi connectivity index (χ1v) is 10.8. The number of amides is 1. The molecule has 0 saturated heterocycles. The Balaban J connectivity index is 1.53. The standard InChI is InChI=1S/C24H29N5O2/c1-18-26-27-23-11-10-21(16-29(18)23)19-7-5-8-20(15-19)24(30)28(13-6-14-31-2)17-22-9-3-4-12-25-22/h3-5,7-9,12,15,21H,6,10-11,13-14,16-17H2,1-2H3/t21-/m0/s1. The van der Waals surface area contributed by atoms with Gasteiger partial charge in [-0.2, -0.15) is 0 Å². The van der Waals surface area contributed by atoms with Gasteiger partial charge in [0, 0.05) is 50.9 Å². The van der Waals surface area contributed by atoms with Crippen LogP contribution in [0.25, 0.3) is 0 Å². The third kappa shape index (κ3) is 4.99. The minimum Gasteiger partial charge on any atom is -0.385 e. The van der Waals surface area contributed by atoms with E-state index in [4.69, 9.17) is 4.74 Å². The Morgan fingerprint density at radius 1 is 1.23 bits per heavy atom. The van der Waals surface area contributed by atoms with Crippen molar-refractivity contribution >= 4 is 5.91 Å². The number of fused-ring (bicyclic) bond motifs is 1. The monoisotopic (exact) mass is 419 g/mol. The highest BCUT2D eigenvalue weighted by atomic mass is 16.5. The van der Waals surface area contributed by atoms with Crippen molar-refractivity contribution < 1.29 is 9.53 Å². The Kier molecular flexibility index (Phi) is 6.72. The maximum absolute atomic E-state index is 13.4. The molecule has 162 valence electrons. The van der Waals surface area contributed by atoms with Crippen molar-refractivity contribution in [1.82, 2.24) is 24.6 Å². The molecule has 31 heavy (non-hydrogen) atoms. The smallest absolute Gasteiger partial charge is 0.254 e. The zero-order chi connectivity index (χ0) is 21.6. The molecule has 7 heteroatoms. The Hall–Kier alpha value is -3.06. The third-order valence-corrected chi connectivity index (χ3v) is 5.88. The van der Waals surface area contributed by atoms with Gasteiger partial charge in [0.05, 0.1) is 12.2 Å². The topological polar surface area (TPSA) is 73.1 Å². The van der Waals surface area contributed by atoms with E-state index < -0.39 is 0 Å². The summed E-state index contributed by atoms with van der Waals surface area (Å²) in [6, 6.07) is 13.9. The fourth-order valence-electron chi connectivity index (χ4n) is 4.18. The van der Waals surface area contributed by atoms with Crippen molar-refractivity contribution in [2.24, 2.45) is 0 Å². The first-order chi connectivity index (χ1) is 15.2. The van der Waals surface area contributed by atoms with Crippen LogP contribution in [0, 0.1) is 6.92 Å². The second-order valence-electron chi connectivity index (χ2n) is 8.03. The average Bonchev–Trinajstić information content (AvgIpc) is 3.19. The van der Waals surface area contributed by atoms with Gasteiger partial charge in [0.2, 0.25) is 0 Å². The molecule has 0 bridgehead atoms. The van der Waals surface area contributed by atoms with Crippen molar-refractivity contribution in [3.8, 4) is 0 Å². The van der Waals surface area contributed by atoms with Crippen molar-refractivity contribution in [2.75, 3.05) is 20.3 Å². The van der Waals surface area contributed by atoms with Gasteiger partial charge >= 0.3 is 0 Å². The van der Waals surface area contributed by atoms with Crippen LogP contribution in [0.5, 0.6) is 0 Å². The summed E-state index contributed by atoms with van der Waals surface area (Å²) in [5.41, 5.74) is 2.80. The van der Waals surface area contributed by atoms with Crippen molar-refractivity contribution in [1.29, 1.82) is 0 Å². The van der Waals surface area contributed by atoms with Gasteiger partial charge in [-0.05, 0) is 49.6 Å². The van der Waals surface area contributed by atoms with Crippen molar-refractivity contribution in [3.05, 3.63) is 77.1 Å². The van der Waals surface area contributed by atoms with E-state index >= 15 is 0 Å². The summed E-state index contributed by atoms with van der Waals surface area (Å²) in [6.07, 6.45) is 4.47. The highest BCUT2D eigenvalue weighted by Crippen LogP contribution is 2.29. The number of carbonyl (C=O) groups is 1. The molecule has 2 aromatic heterocycles. The normalized spacial score (nSPS) is 15.5. The summed E-state index contributed by atoms with van der Waals surface area (Å²) in [6.45, 7) is 4.58. The van der Waals surface area contributed by atoms with Crippen LogP contribution in [-0.2, 0) is 24.2 Å². The number of nitrogens with zero attached hydrogens (tertiary/aromatic N) is 5. The predicted octanol–water partition coefficient (Wildman–Crippen LogP) is 3.39. The number of rotatable bonds is 8. The van der Waals surface area contributed by atoms with E-state index in [2.05, 4.69) is 31.9 Å². The number of hydrogen-bond acceptors (Lipinski definition) is 5. The van der Waals surface area contributed by atoms with Gasteiger partial charge in [0.15, 0.2) is 0 Å². The van der Waals surface area contributed by atoms with Gasteiger partial charge in [-0.15, -0.1) is 10.2 Å². The molecular formula is C24H29N5O2. The average molecular weight is 420 g/mol. The first kappa shape index (κ1) is 21.2. The number of hydrogen-bond donors (Lipinski definition) is 0. The Morgan fingerprint density at radius 3 is 2.94 bits per heavy atom. The molecule has 0 saturated carbocycles. The fraction of sp³-hybridized carbons (Fsp3) is 0.417. The van der Waals surface area contributed by atoms with Crippen LogP contribution in [0.4, 0.5) is 0 Å². The molecule has 1 amide bonds. The summed E-state index contributed by atoms with van der Waals surface area (Å²) in [7, 11) is 1.68. The largest absolute Gasteiger partial charge is 0.385 e. The van der Waals surface area contributed by atoms with Crippen LogP contribution in [0.2, 0.25) is 0 Å². The van der Waals surface area contributed by atoms with Crippen LogP contribution in [0.3, 0.4) is 0 Å². The summed E-state index contributed by atoms with van der Waals surface area (Å²) >= 11 is 0. The van der Waals surface area contributed by atoms with Gasteiger partial charge in [0.1, 0.15) is 11.6 Å². The highest BCUT2D eigenvalue weighted by molar-refractivity contribution is 5.94. The molecule has 1 aliphatic rings. The van der Waals surface area contributed by atoms with E-state index in [9.17, 15) is 4.79 Å². The minimum absolute atomic E-state index is 0.0283. The first-order valence-electron chi connectivity index (χ1n) is 10.8. The molecule has 1 atom stereocenters. The van der Waals surface area contributed by atoms with Crippen molar-refractivity contribution in [3.63, 3.8) is 0 Å². The molecule has 0 fully saturated rings. The third-order valence-electron chi connectivity index (χ3n) is 5.88. The van der Waals surface area contributed by atoms with E-state index in [1.54, 1.807) is 13.3 Å². The number of benzene rings is 1. The van der Waals surface area contributed by atoms with Gasteiger partial charge in [-0.1, -0.05) is 18.2 Å². The van der Waals surface area contributed by atoms with E-state index in [-0.39, 0.29) is 5.91 Å². The fourth-order valence-corrected chi connectivity index (χ4v) is 4.18. The summed E-state index contributed by atoms with van der Waals surface area (Å²) in [5.74, 6) is 2.39. The van der Waals surface area contributed by atoms with Gasteiger partial charge in [-0.25, -0.2) is 0 Å². The highest BCUT2D eigenvalue weighted by Gasteiger charge is 2.24. The van der Waals surface area contributed by atoms with Crippen LogP contribution < -0.4 is 0 Å². The lowest BCUT2D eigenvalue weighted by Crippen LogP contribution is -2.32. The molecule has 7 nitrogen and oxygen atoms in total. The van der Waals surface area contributed by atoms with Gasteiger partial charge in [-0.3, -0.25) is 9.78 Å². The second-order valence-corrected chi connectivity index (χ2v) is 8.03. The molecule has 1 aliphatic heterocycles. The molecule has 4 rings (SSSR count). The van der Waals surface area contributed by atoms with Crippen LogP contribution in [0.15, 0.2) is 48.7 Å². The van der Waals surface area contributed by atoms with Crippen molar-refractivity contribution in [2.45, 2.75) is 45.2 Å². The molecule has 3 aromatic rings. The van der Waals surface area contributed by atoms with E-state index in [0.717, 1.165) is 48.7 Å². The number of ether oxygens (including phenoxy) is 1. The second kappa shape index (κ2) is 9.83. The molecule has 3 heterocycles. The summed E-state index contributed by atoms with van der Waals surface area (Å²) in [5, 5.41) is 8.47. The summed E-state index contributed by atoms with van der Waals surface area (Å²) in [4.78, 5) is 19.7. The zero-order valence-corrected chi connectivity index (χ0v) is 18.2. The Labute approximate surface area is 183 Å². The maximum atomic E-state index is 13.4. The molecule has 0 spiro atoms. The lowest BCUT2D eigenvalue weighted by atomic mass is 9.90. The van der Waals surface area contributed by atoms with Gasteiger partial charge in [0.25, 0.3) is 5.91 Å². The number of pyridine rings is 1.